The van der Waals surface area contributed by atoms with Crippen LogP contribution in [0.3, 0.4) is 0 Å². The fourth-order valence-corrected chi connectivity index (χ4v) is 3.77. The molecule has 2 aromatic rings. The topological polar surface area (TPSA) is 90.5 Å². The zero-order chi connectivity index (χ0) is 18.1. The summed E-state index contributed by atoms with van der Waals surface area (Å²) in [4.78, 5) is 33.7. The van der Waals surface area contributed by atoms with Crippen molar-refractivity contribution >= 4 is 40.2 Å². The molecule has 0 radical (unpaired) electrons. The molecule has 2 aliphatic rings. The van der Waals surface area contributed by atoms with Crippen LogP contribution in [0.4, 0.5) is 0 Å². The number of benzene rings is 1. The first-order valence-corrected chi connectivity index (χ1v) is 9.27. The number of rotatable bonds is 4. The van der Waals surface area contributed by atoms with E-state index in [2.05, 4.69) is 20.5 Å². The van der Waals surface area contributed by atoms with Gasteiger partial charge in [0.25, 0.3) is 0 Å². The van der Waals surface area contributed by atoms with E-state index in [4.69, 9.17) is 11.6 Å². The third-order valence-electron chi connectivity index (χ3n) is 4.96. The molecular weight excluding hydrogens is 354 g/mol. The highest BCUT2D eigenvalue weighted by Crippen LogP contribution is 2.32. The molecule has 2 N–H and O–H groups in total. The molecule has 0 bridgehead atoms. The number of fused-ring (bicyclic) bond motifs is 1. The molecule has 7 nitrogen and oxygen atoms in total. The van der Waals surface area contributed by atoms with Gasteiger partial charge in [-0.15, -0.1) is 0 Å². The van der Waals surface area contributed by atoms with Crippen LogP contribution in [0.15, 0.2) is 23.3 Å². The Balaban J connectivity index is 1.45. The fraction of sp³-hybridized carbons (Fsp3) is 0.444. The second kappa shape index (κ2) is 7.07. The SMILES string of the molecule is O=C1CCC(CCC(=O)N2CCCC2c2nc3ccc(Cl)cc3[nH]2)=NN1. The largest absolute Gasteiger partial charge is 0.340 e. The van der Waals surface area contributed by atoms with Crippen molar-refractivity contribution in [1.82, 2.24) is 20.3 Å². The number of aromatic amines is 1. The number of imidazole rings is 1. The Morgan fingerprint density at radius 1 is 1.35 bits per heavy atom. The normalized spacial score (nSPS) is 20.3. The van der Waals surface area contributed by atoms with Crippen molar-refractivity contribution < 1.29 is 9.59 Å². The first-order valence-electron chi connectivity index (χ1n) is 8.89. The highest BCUT2D eigenvalue weighted by atomic mass is 35.5. The molecule has 1 aromatic heterocycles. The molecule has 1 unspecified atom stereocenters. The van der Waals surface area contributed by atoms with Crippen LogP contribution >= 0.6 is 11.6 Å². The summed E-state index contributed by atoms with van der Waals surface area (Å²) < 4.78 is 0. The van der Waals surface area contributed by atoms with Crippen molar-refractivity contribution in [3.8, 4) is 0 Å². The minimum Gasteiger partial charge on any atom is -0.340 e. The summed E-state index contributed by atoms with van der Waals surface area (Å²) in [6.07, 6.45) is 3.92. The van der Waals surface area contributed by atoms with Gasteiger partial charge in [-0.05, 0) is 43.9 Å². The lowest BCUT2D eigenvalue weighted by atomic mass is 10.1. The average molecular weight is 374 g/mol. The number of carbonyl (C=O) groups excluding carboxylic acids is 2. The fourth-order valence-electron chi connectivity index (χ4n) is 3.60. The van der Waals surface area contributed by atoms with Gasteiger partial charge in [0.15, 0.2) is 0 Å². The smallest absolute Gasteiger partial charge is 0.240 e. The summed E-state index contributed by atoms with van der Waals surface area (Å²) in [7, 11) is 0. The number of amides is 2. The molecule has 0 spiro atoms. The monoisotopic (exact) mass is 373 g/mol. The molecule has 0 saturated carbocycles. The summed E-state index contributed by atoms with van der Waals surface area (Å²) in [6.45, 7) is 0.741. The maximum atomic E-state index is 12.7. The van der Waals surface area contributed by atoms with Crippen LogP contribution in [0.25, 0.3) is 11.0 Å². The highest BCUT2D eigenvalue weighted by Gasteiger charge is 2.32. The van der Waals surface area contributed by atoms with Gasteiger partial charge >= 0.3 is 0 Å². The Labute approximate surface area is 155 Å². The second-order valence-electron chi connectivity index (χ2n) is 6.74. The molecule has 0 aliphatic carbocycles. The van der Waals surface area contributed by atoms with E-state index in [1.54, 1.807) is 0 Å². The molecule has 4 rings (SSSR count). The first kappa shape index (κ1) is 17.0. The van der Waals surface area contributed by atoms with Gasteiger partial charge in [-0.3, -0.25) is 9.59 Å². The lowest BCUT2D eigenvalue weighted by Crippen LogP contribution is -2.32. The van der Waals surface area contributed by atoms with E-state index in [1.165, 1.54) is 0 Å². The van der Waals surface area contributed by atoms with Gasteiger partial charge in [0, 0.05) is 30.1 Å². The number of likely N-dealkylation sites (tertiary alicyclic amines) is 1. The first-order chi connectivity index (χ1) is 12.6. The van der Waals surface area contributed by atoms with E-state index in [0.717, 1.165) is 42.0 Å². The zero-order valence-electron chi connectivity index (χ0n) is 14.3. The Kier molecular flexibility index (Phi) is 4.63. The highest BCUT2D eigenvalue weighted by molar-refractivity contribution is 6.31. The lowest BCUT2D eigenvalue weighted by Gasteiger charge is -2.23. The average Bonchev–Trinajstić information content (AvgIpc) is 3.27. The third-order valence-corrected chi connectivity index (χ3v) is 5.19. The number of aromatic nitrogens is 2. The van der Waals surface area contributed by atoms with Crippen LogP contribution < -0.4 is 5.43 Å². The Bertz CT molecular complexity index is 891. The minimum absolute atomic E-state index is 0.0262. The second-order valence-corrected chi connectivity index (χ2v) is 7.18. The molecule has 1 atom stereocenters. The van der Waals surface area contributed by atoms with E-state index >= 15 is 0 Å². The third kappa shape index (κ3) is 3.44. The lowest BCUT2D eigenvalue weighted by molar-refractivity contribution is -0.132. The number of H-pyrrole nitrogens is 1. The van der Waals surface area contributed by atoms with Gasteiger partial charge in [0.2, 0.25) is 11.8 Å². The van der Waals surface area contributed by atoms with Crippen LogP contribution in [-0.4, -0.2) is 38.9 Å². The molecule has 2 amide bonds. The molecule has 8 heteroatoms. The van der Waals surface area contributed by atoms with Gasteiger partial charge in [-0.1, -0.05) is 11.6 Å². The number of carbonyl (C=O) groups is 2. The van der Waals surface area contributed by atoms with Crippen LogP contribution in [0.2, 0.25) is 5.02 Å². The minimum atomic E-state index is -0.0651. The van der Waals surface area contributed by atoms with Crippen molar-refractivity contribution in [2.24, 2.45) is 5.10 Å². The summed E-state index contributed by atoms with van der Waals surface area (Å²) >= 11 is 6.04. The predicted octanol–water partition coefficient (Wildman–Crippen LogP) is 2.93. The summed E-state index contributed by atoms with van der Waals surface area (Å²) in [6, 6.07) is 5.52. The van der Waals surface area contributed by atoms with Crippen LogP contribution in [0.5, 0.6) is 0 Å². The van der Waals surface area contributed by atoms with Crippen molar-refractivity contribution in [3.05, 3.63) is 29.0 Å². The Hall–Kier alpha value is -2.41. The van der Waals surface area contributed by atoms with E-state index in [1.807, 2.05) is 23.1 Å². The number of hydrogen-bond donors (Lipinski definition) is 2. The zero-order valence-corrected chi connectivity index (χ0v) is 15.1. The quantitative estimate of drug-likeness (QED) is 0.863. The maximum absolute atomic E-state index is 12.7. The Morgan fingerprint density at radius 3 is 3.04 bits per heavy atom. The summed E-state index contributed by atoms with van der Waals surface area (Å²) in [5.74, 6) is 0.852. The molecule has 1 saturated heterocycles. The van der Waals surface area contributed by atoms with E-state index in [-0.39, 0.29) is 17.9 Å². The molecule has 1 aromatic carbocycles. The van der Waals surface area contributed by atoms with Crippen molar-refractivity contribution in [2.75, 3.05) is 6.54 Å². The van der Waals surface area contributed by atoms with Gasteiger partial charge in [-0.2, -0.15) is 5.10 Å². The van der Waals surface area contributed by atoms with Gasteiger partial charge < -0.3 is 9.88 Å². The predicted molar refractivity (Wildman–Crippen MR) is 98.8 cm³/mol. The molecule has 3 heterocycles. The van der Waals surface area contributed by atoms with E-state index in [9.17, 15) is 9.59 Å². The van der Waals surface area contributed by atoms with Crippen molar-refractivity contribution in [2.45, 2.75) is 44.6 Å². The van der Waals surface area contributed by atoms with Crippen molar-refractivity contribution in [3.63, 3.8) is 0 Å². The summed E-state index contributed by atoms with van der Waals surface area (Å²) in [5.41, 5.74) is 5.10. The van der Waals surface area contributed by atoms with Gasteiger partial charge in [0.1, 0.15) is 5.82 Å². The van der Waals surface area contributed by atoms with Gasteiger partial charge in [0.05, 0.1) is 17.1 Å². The molecule has 136 valence electrons. The van der Waals surface area contributed by atoms with Gasteiger partial charge in [-0.25, -0.2) is 10.4 Å². The van der Waals surface area contributed by atoms with Crippen LogP contribution in [0, 0.1) is 0 Å². The number of nitrogens with zero attached hydrogens (tertiary/aromatic N) is 3. The van der Waals surface area contributed by atoms with E-state index < -0.39 is 0 Å². The molecule has 2 aliphatic heterocycles. The van der Waals surface area contributed by atoms with E-state index in [0.29, 0.717) is 30.7 Å². The van der Waals surface area contributed by atoms with Crippen LogP contribution in [-0.2, 0) is 9.59 Å². The number of nitrogens with one attached hydrogen (secondary N) is 2. The Morgan fingerprint density at radius 2 is 2.23 bits per heavy atom. The molecule has 1 fully saturated rings. The molecule has 26 heavy (non-hydrogen) atoms. The number of halogens is 1. The maximum Gasteiger partial charge on any atom is 0.240 e. The van der Waals surface area contributed by atoms with Crippen LogP contribution in [0.1, 0.15) is 50.4 Å². The number of hydrogen-bond acceptors (Lipinski definition) is 4. The summed E-state index contributed by atoms with van der Waals surface area (Å²) in [5, 5.41) is 4.70. The molecular formula is C18H20ClN5O2. The number of hydrazone groups is 1. The van der Waals surface area contributed by atoms with Crippen molar-refractivity contribution in [1.29, 1.82) is 0 Å². The standard InChI is InChI=1S/C18H20ClN5O2/c19-11-3-6-13-14(10-11)21-18(20-13)15-2-1-9-24(15)17(26)8-5-12-4-7-16(25)23-22-12/h3,6,10,15H,1-2,4-5,7-9H2,(H,20,21)(H,23,25).